The van der Waals surface area contributed by atoms with Crippen molar-refractivity contribution in [1.82, 2.24) is 0 Å². The minimum Gasteiger partial charge on any atom is -0.466 e. The summed E-state index contributed by atoms with van der Waals surface area (Å²) in [6.45, 7) is 8.09. The molecular formula is C23H28O4. The second kappa shape index (κ2) is 9.58. The summed E-state index contributed by atoms with van der Waals surface area (Å²) in [5.41, 5.74) is 1.17. The van der Waals surface area contributed by atoms with Crippen LogP contribution in [0, 0.1) is 6.92 Å². The lowest BCUT2D eigenvalue weighted by Gasteiger charge is -2.18. The highest BCUT2D eigenvalue weighted by Crippen LogP contribution is 2.43. The van der Waals surface area contributed by atoms with Crippen LogP contribution in [-0.4, -0.2) is 26.8 Å². The molecule has 0 unspecified atom stereocenters. The van der Waals surface area contributed by atoms with Crippen molar-refractivity contribution in [3.8, 4) is 11.5 Å². The fraction of sp³-hybridized carbons (Fsp3) is 0.391. The molecule has 144 valence electrons. The van der Waals surface area contributed by atoms with E-state index in [2.05, 4.69) is 51.1 Å². The molecule has 4 nitrogen and oxygen atoms in total. The lowest BCUT2D eigenvalue weighted by Crippen LogP contribution is -2.06. The molecule has 0 radical (unpaired) electrons. The van der Waals surface area contributed by atoms with E-state index in [-0.39, 0.29) is 13.6 Å². The Bertz CT molecular complexity index is 888. The summed E-state index contributed by atoms with van der Waals surface area (Å²) in [6, 6.07) is 14.5. The molecule has 0 fully saturated rings. The number of fused-ring (bicyclic) bond motifs is 2. The molecule has 3 aromatic rings. The fourth-order valence-electron chi connectivity index (χ4n) is 3.13. The van der Waals surface area contributed by atoms with Gasteiger partial charge in [0.1, 0.15) is 11.5 Å². The van der Waals surface area contributed by atoms with Crippen molar-refractivity contribution in [1.29, 1.82) is 0 Å². The second-order valence-electron chi connectivity index (χ2n) is 6.59. The van der Waals surface area contributed by atoms with Crippen molar-refractivity contribution in [2.75, 3.05) is 26.8 Å². The molecule has 0 saturated heterocycles. The van der Waals surface area contributed by atoms with Gasteiger partial charge in [0.2, 0.25) is 0 Å². The van der Waals surface area contributed by atoms with Gasteiger partial charge in [-0.05, 0) is 25.8 Å². The topological polar surface area (TPSA) is 36.9 Å². The summed E-state index contributed by atoms with van der Waals surface area (Å²) in [5.74, 6) is 1.67. The average Bonchev–Trinajstić information content (AvgIpc) is 2.69. The van der Waals surface area contributed by atoms with Crippen LogP contribution in [0.2, 0.25) is 0 Å². The standard InChI is InChI=1S/C23H28O4/c1-4-12-24-15-26-22-18-8-6-7-9-19(18)23(27-16-25-13-5-2)21-14-17(3)10-11-20(21)22/h6-11,14H,4-5,12-13,15-16H2,1-3H3. The smallest absolute Gasteiger partial charge is 0.189 e. The summed E-state index contributed by atoms with van der Waals surface area (Å²) >= 11 is 0. The van der Waals surface area contributed by atoms with Gasteiger partial charge in [-0.1, -0.05) is 55.8 Å². The van der Waals surface area contributed by atoms with E-state index < -0.39 is 0 Å². The first-order chi connectivity index (χ1) is 13.3. The molecule has 4 heteroatoms. The molecule has 27 heavy (non-hydrogen) atoms. The molecular weight excluding hydrogens is 340 g/mol. The van der Waals surface area contributed by atoms with E-state index in [1.54, 1.807) is 0 Å². The van der Waals surface area contributed by atoms with Crippen LogP contribution in [0.3, 0.4) is 0 Å². The van der Waals surface area contributed by atoms with E-state index in [1.165, 1.54) is 5.56 Å². The summed E-state index contributed by atoms with van der Waals surface area (Å²) in [7, 11) is 0. The van der Waals surface area contributed by atoms with E-state index in [1.807, 2.05) is 12.1 Å². The van der Waals surface area contributed by atoms with Crippen molar-refractivity contribution >= 4 is 21.5 Å². The van der Waals surface area contributed by atoms with Crippen LogP contribution in [0.5, 0.6) is 11.5 Å². The zero-order valence-corrected chi connectivity index (χ0v) is 16.4. The molecule has 0 amide bonds. The van der Waals surface area contributed by atoms with Crippen molar-refractivity contribution < 1.29 is 18.9 Å². The summed E-state index contributed by atoms with van der Waals surface area (Å²) < 4.78 is 23.3. The Morgan fingerprint density at radius 2 is 1.19 bits per heavy atom. The quantitative estimate of drug-likeness (QED) is 0.256. The maximum atomic E-state index is 6.08. The molecule has 0 aliphatic heterocycles. The molecule has 0 aliphatic carbocycles. The minimum atomic E-state index is 0.237. The second-order valence-corrected chi connectivity index (χ2v) is 6.59. The number of hydrogen-bond acceptors (Lipinski definition) is 4. The van der Waals surface area contributed by atoms with Crippen LogP contribution in [0.25, 0.3) is 21.5 Å². The summed E-state index contributed by atoms with van der Waals surface area (Å²) in [4.78, 5) is 0. The Balaban J connectivity index is 2.08. The van der Waals surface area contributed by atoms with Crippen molar-refractivity contribution in [3.63, 3.8) is 0 Å². The summed E-state index contributed by atoms with van der Waals surface area (Å²) in [6.07, 6.45) is 1.93. The Hall–Kier alpha value is -2.30. The zero-order valence-electron chi connectivity index (χ0n) is 16.4. The average molecular weight is 368 g/mol. The highest BCUT2D eigenvalue weighted by molar-refractivity contribution is 6.11. The first kappa shape index (κ1) is 19.5. The van der Waals surface area contributed by atoms with E-state index in [9.17, 15) is 0 Å². The van der Waals surface area contributed by atoms with E-state index in [0.29, 0.717) is 13.2 Å². The number of hydrogen-bond donors (Lipinski definition) is 0. The lowest BCUT2D eigenvalue weighted by molar-refractivity contribution is 0.0160. The van der Waals surface area contributed by atoms with Crippen LogP contribution in [0.4, 0.5) is 0 Å². The SMILES string of the molecule is CCCOCOc1c2ccccc2c(OCOCCC)c2cc(C)ccc12. The van der Waals surface area contributed by atoms with E-state index >= 15 is 0 Å². The van der Waals surface area contributed by atoms with Gasteiger partial charge in [-0.2, -0.15) is 0 Å². The van der Waals surface area contributed by atoms with Gasteiger partial charge in [0.15, 0.2) is 13.6 Å². The monoisotopic (exact) mass is 368 g/mol. The van der Waals surface area contributed by atoms with Gasteiger partial charge >= 0.3 is 0 Å². The van der Waals surface area contributed by atoms with Crippen LogP contribution in [0.1, 0.15) is 32.3 Å². The van der Waals surface area contributed by atoms with Gasteiger partial charge in [-0.25, -0.2) is 0 Å². The predicted molar refractivity (Wildman–Crippen MR) is 110 cm³/mol. The lowest BCUT2D eigenvalue weighted by atomic mass is 9.99. The third kappa shape index (κ3) is 4.52. The van der Waals surface area contributed by atoms with Crippen molar-refractivity contribution in [2.24, 2.45) is 0 Å². The Kier molecular flexibility index (Phi) is 6.91. The van der Waals surface area contributed by atoms with E-state index in [4.69, 9.17) is 18.9 Å². The van der Waals surface area contributed by atoms with Gasteiger partial charge in [0.05, 0.1) is 13.2 Å². The summed E-state index contributed by atoms with van der Waals surface area (Å²) in [5, 5.41) is 4.07. The molecule has 3 rings (SSSR count). The maximum Gasteiger partial charge on any atom is 0.189 e. The maximum absolute atomic E-state index is 6.08. The molecule has 0 spiro atoms. The highest BCUT2D eigenvalue weighted by atomic mass is 16.7. The molecule has 0 aliphatic rings. The third-order valence-electron chi connectivity index (χ3n) is 4.35. The molecule has 0 saturated carbocycles. The largest absolute Gasteiger partial charge is 0.466 e. The number of ether oxygens (including phenoxy) is 4. The number of benzene rings is 3. The number of rotatable bonds is 10. The fourth-order valence-corrected chi connectivity index (χ4v) is 3.13. The van der Waals surface area contributed by atoms with E-state index in [0.717, 1.165) is 45.9 Å². The van der Waals surface area contributed by atoms with Gasteiger partial charge in [0, 0.05) is 21.5 Å². The number of aryl methyl sites for hydroxylation is 1. The van der Waals surface area contributed by atoms with Crippen LogP contribution < -0.4 is 9.47 Å². The van der Waals surface area contributed by atoms with Crippen molar-refractivity contribution in [2.45, 2.75) is 33.6 Å². The molecule has 0 heterocycles. The highest BCUT2D eigenvalue weighted by Gasteiger charge is 2.16. The first-order valence-corrected chi connectivity index (χ1v) is 9.62. The van der Waals surface area contributed by atoms with Gasteiger partial charge in [-0.15, -0.1) is 0 Å². The first-order valence-electron chi connectivity index (χ1n) is 9.62. The zero-order chi connectivity index (χ0) is 19.1. The molecule has 0 atom stereocenters. The van der Waals surface area contributed by atoms with Crippen LogP contribution in [-0.2, 0) is 9.47 Å². The minimum absolute atomic E-state index is 0.237. The molecule has 0 bridgehead atoms. The van der Waals surface area contributed by atoms with Crippen molar-refractivity contribution in [3.05, 3.63) is 48.0 Å². The van der Waals surface area contributed by atoms with Gasteiger partial charge < -0.3 is 18.9 Å². The van der Waals surface area contributed by atoms with Crippen LogP contribution in [0.15, 0.2) is 42.5 Å². The molecule has 0 N–H and O–H groups in total. The normalized spacial score (nSPS) is 11.2. The third-order valence-corrected chi connectivity index (χ3v) is 4.35. The van der Waals surface area contributed by atoms with Crippen LogP contribution >= 0.6 is 0 Å². The molecule has 3 aromatic carbocycles. The Labute approximate surface area is 161 Å². The predicted octanol–water partition coefficient (Wildman–Crippen LogP) is 5.83. The molecule has 0 aromatic heterocycles. The Morgan fingerprint density at radius 3 is 1.74 bits per heavy atom. The van der Waals surface area contributed by atoms with Gasteiger partial charge in [-0.3, -0.25) is 0 Å². The Morgan fingerprint density at radius 1 is 0.667 bits per heavy atom. The van der Waals surface area contributed by atoms with Gasteiger partial charge in [0.25, 0.3) is 0 Å².